The van der Waals surface area contributed by atoms with Crippen LogP contribution in [-0.4, -0.2) is 0 Å². The Balaban J connectivity index is 0.00000196. The predicted octanol–water partition coefficient (Wildman–Crippen LogP) is 2.61. The highest BCUT2D eigenvalue weighted by Gasteiger charge is 2.20. The molecule has 0 aliphatic carbocycles. The molecule has 1 aromatic heterocycles. The molecule has 2 heteroatoms. The van der Waals surface area contributed by atoms with Gasteiger partial charge in [0.15, 0.2) is 5.69 Å². The van der Waals surface area contributed by atoms with Gasteiger partial charge in [-0.15, -0.1) is 0 Å². The summed E-state index contributed by atoms with van der Waals surface area (Å²) in [5.74, 6) is 0. The first-order valence-corrected chi connectivity index (χ1v) is 8.56. The van der Waals surface area contributed by atoms with Crippen LogP contribution in [0.3, 0.4) is 0 Å². The van der Waals surface area contributed by atoms with Gasteiger partial charge in [0.05, 0.1) is 0 Å². The Kier molecular flexibility index (Phi) is 5.84. The second-order valence-electron chi connectivity index (χ2n) is 6.17. The van der Waals surface area contributed by atoms with Crippen LogP contribution >= 0.6 is 0 Å². The third kappa shape index (κ3) is 3.70. The molecule has 0 aliphatic heterocycles. The zero-order valence-electron chi connectivity index (χ0n) is 14.6. The molecule has 0 saturated carbocycles. The van der Waals surface area contributed by atoms with Crippen molar-refractivity contribution < 1.29 is 28.5 Å². The molecule has 4 aromatic rings. The summed E-state index contributed by atoms with van der Waals surface area (Å²) >= 11 is 0. The van der Waals surface area contributed by atoms with Gasteiger partial charge >= 0.3 is 0 Å². The first-order valence-electron chi connectivity index (χ1n) is 8.56. The second-order valence-corrected chi connectivity index (χ2v) is 6.17. The van der Waals surface area contributed by atoms with E-state index in [0.29, 0.717) is 0 Å². The van der Waals surface area contributed by atoms with Gasteiger partial charge in [-0.25, -0.2) is 0 Å². The van der Waals surface area contributed by atoms with Gasteiger partial charge in [-0.3, -0.25) is 0 Å². The fraction of sp³-hybridized carbons (Fsp3) is 0.0417. The van der Waals surface area contributed by atoms with E-state index in [9.17, 15) is 0 Å². The Bertz CT molecular complexity index is 981. The molecule has 1 heterocycles. The smallest absolute Gasteiger partial charge is 0.219 e. The summed E-state index contributed by atoms with van der Waals surface area (Å²) in [6.07, 6.45) is 0. The largest absolute Gasteiger partial charge is 1.00 e. The van der Waals surface area contributed by atoms with Crippen LogP contribution in [0.5, 0.6) is 0 Å². The molecule has 26 heavy (non-hydrogen) atoms. The van der Waals surface area contributed by atoms with Crippen LogP contribution in [0, 0.1) is 6.92 Å². The van der Waals surface area contributed by atoms with Crippen molar-refractivity contribution >= 4 is 0 Å². The molecule has 1 nitrogen and oxygen atoms in total. The van der Waals surface area contributed by atoms with Crippen LogP contribution in [0.1, 0.15) is 5.69 Å². The van der Waals surface area contributed by atoms with Crippen molar-refractivity contribution in [1.82, 2.24) is 0 Å². The molecule has 3 aromatic carbocycles. The molecule has 0 amide bonds. The number of nitrogens with zero attached hydrogens (tertiary/aromatic N) is 1. The number of pyridine rings is 1. The number of hydrogen-bond donors (Lipinski definition) is 0. The zero-order valence-corrected chi connectivity index (χ0v) is 16.8. The summed E-state index contributed by atoms with van der Waals surface area (Å²) in [5, 5.41) is 0. The molecule has 0 N–H and O–H groups in total. The highest BCUT2D eigenvalue weighted by Crippen LogP contribution is 2.26. The Morgan fingerprint density at radius 2 is 1.04 bits per heavy atom. The van der Waals surface area contributed by atoms with Crippen molar-refractivity contribution in [1.29, 1.82) is 0 Å². The predicted molar refractivity (Wildman–Crippen MR) is 104 cm³/mol. The van der Waals surface area contributed by atoms with E-state index in [1.54, 1.807) is 0 Å². The summed E-state index contributed by atoms with van der Waals surface area (Å²) in [6, 6.07) is 36.2. The lowest BCUT2D eigenvalue weighted by molar-refractivity contribution is -0.591. The van der Waals surface area contributed by atoms with E-state index in [0.717, 1.165) is 0 Å². The summed E-state index contributed by atoms with van der Waals surface area (Å²) in [5.41, 5.74) is 7.29. The quantitative estimate of drug-likeness (QED) is 0.335. The lowest BCUT2D eigenvalue weighted by atomic mass is 10.0. The number of hydrogen-bond acceptors (Lipinski definition) is 0. The molecule has 0 spiro atoms. The minimum Gasteiger partial charge on any atom is -1.00 e. The lowest BCUT2D eigenvalue weighted by Crippen LogP contribution is -3.00. The van der Waals surface area contributed by atoms with Gasteiger partial charge in [-0.05, 0) is 23.3 Å². The normalized spacial score (nSPS) is 10.2. The number of halogens is 1. The van der Waals surface area contributed by atoms with Gasteiger partial charge in [0.25, 0.3) is 0 Å². The molecule has 4 rings (SSSR count). The Labute approximate surface area is 172 Å². The molecule has 0 radical (unpaired) electrons. The molecule has 0 unspecified atom stereocenters. The molecule has 0 aliphatic rings. The number of para-hydroxylation sites is 1. The minimum absolute atomic E-state index is 0. The number of aromatic nitrogens is 1. The fourth-order valence-corrected chi connectivity index (χ4v) is 3.27. The van der Waals surface area contributed by atoms with Crippen molar-refractivity contribution in [3.05, 3.63) is 109 Å². The van der Waals surface area contributed by atoms with Crippen LogP contribution in [0.25, 0.3) is 28.1 Å². The Morgan fingerprint density at radius 1 is 0.538 bits per heavy atom. The van der Waals surface area contributed by atoms with Crippen LogP contribution in [0.15, 0.2) is 103 Å². The topological polar surface area (TPSA) is 3.88 Å². The standard InChI is InChI=1S/C24H20N.HI/c1-19-17-22(20-11-5-2-6-12-20)18-24(21-13-7-3-8-14-21)25(19)23-15-9-4-10-16-23;/h2-18H,1H3;1H/q+1;/p-1. The van der Waals surface area contributed by atoms with E-state index in [1.165, 1.54) is 33.8 Å². The van der Waals surface area contributed by atoms with E-state index < -0.39 is 0 Å². The third-order valence-electron chi connectivity index (χ3n) is 4.44. The first kappa shape index (κ1) is 18.3. The molecular formula is C24H20IN. The van der Waals surface area contributed by atoms with Gasteiger partial charge in [0, 0.05) is 36.8 Å². The van der Waals surface area contributed by atoms with Crippen molar-refractivity contribution in [2.24, 2.45) is 0 Å². The summed E-state index contributed by atoms with van der Waals surface area (Å²) in [4.78, 5) is 0. The van der Waals surface area contributed by atoms with Crippen LogP contribution in [0.2, 0.25) is 0 Å². The third-order valence-corrected chi connectivity index (χ3v) is 4.44. The highest BCUT2D eigenvalue weighted by molar-refractivity contribution is 5.69. The van der Waals surface area contributed by atoms with Crippen molar-refractivity contribution in [3.8, 4) is 28.1 Å². The number of aryl methyl sites for hydroxylation is 1. The average molecular weight is 449 g/mol. The van der Waals surface area contributed by atoms with E-state index in [2.05, 4.69) is 115 Å². The van der Waals surface area contributed by atoms with Crippen molar-refractivity contribution in [3.63, 3.8) is 0 Å². The van der Waals surface area contributed by atoms with Crippen molar-refractivity contribution in [2.45, 2.75) is 6.92 Å². The maximum absolute atomic E-state index is 2.32. The molecule has 0 bridgehead atoms. The van der Waals surface area contributed by atoms with Crippen molar-refractivity contribution in [2.75, 3.05) is 0 Å². The van der Waals surface area contributed by atoms with Crippen LogP contribution in [0.4, 0.5) is 0 Å². The lowest BCUT2D eigenvalue weighted by Gasteiger charge is -2.10. The SMILES string of the molecule is Cc1cc(-c2ccccc2)cc(-c2ccccc2)[n+]1-c1ccccc1.[I-]. The van der Waals surface area contributed by atoms with E-state index >= 15 is 0 Å². The maximum Gasteiger partial charge on any atom is 0.219 e. The van der Waals surface area contributed by atoms with Gasteiger partial charge < -0.3 is 24.0 Å². The Morgan fingerprint density at radius 3 is 1.62 bits per heavy atom. The molecular weight excluding hydrogens is 429 g/mol. The van der Waals surface area contributed by atoms with Gasteiger partial charge in [-0.1, -0.05) is 66.7 Å². The van der Waals surface area contributed by atoms with Gasteiger partial charge in [0.2, 0.25) is 11.4 Å². The molecule has 0 atom stereocenters. The zero-order chi connectivity index (χ0) is 17.1. The number of rotatable bonds is 3. The minimum atomic E-state index is 0. The maximum atomic E-state index is 2.32. The average Bonchev–Trinajstić information content (AvgIpc) is 2.69. The molecule has 0 saturated heterocycles. The van der Waals surface area contributed by atoms with E-state index in [-0.39, 0.29) is 24.0 Å². The second kappa shape index (κ2) is 8.28. The molecule has 0 fully saturated rings. The van der Waals surface area contributed by atoms with Gasteiger partial charge in [-0.2, -0.15) is 4.57 Å². The van der Waals surface area contributed by atoms with Crippen LogP contribution in [-0.2, 0) is 0 Å². The monoisotopic (exact) mass is 449 g/mol. The Hall–Kier alpha value is -2.46. The van der Waals surface area contributed by atoms with E-state index in [1.807, 2.05) is 0 Å². The fourth-order valence-electron chi connectivity index (χ4n) is 3.27. The van der Waals surface area contributed by atoms with Gasteiger partial charge in [0.1, 0.15) is 0 Å². The van der Waals surface area contributed by atoms with E-state index in [4.69, 9.17) is 0 Å². The number of benzene rings is 3. The molecule has 128 valence electrons. The highest BCUT2D eigenvalue weighted by atomic mass is 127. The summed E-state index contributed by atoms with van der Waals surface area (Å²) in [7, 11) is 0. The van der Waals surface area contributed by atoms with Crippen LogP contribution < -0.4 is 28.5 Å². The summed E-state index contributed by atoms with van der Waals surface area (Å²) < 4.78 is 2.32. The first-order chi connectivity index (χ1) is 12.3. The summed E-state index contributed by atoms with van der Waals surface area (Å²) in [6.45, 7) is 2.17.